The summed E-state index contributed by atoms with van der Waals surface area (Å²) in [7, 11) is -3.68. The number of hydrogen-bond donors (Lipinski definition) is 2. The van der Waals surface area contributed by atoms with Crippen LogP contribution in [0.5, 0.6) is 5.75 Å². The molecule has 29 heavy (non-hydrogen) atoms. The van der Waals surface area contributed by atoms with E-state index in [9.17, 15) is 18.0 Å². The first-order valence-electron chi connectivity index (χ1n) is 8.57. The monoisotopic (exact) mass is 418 g/mol. The van der Waals surface area contributed by atoms with Crippen molar-refractivity contribution in [3.8, 4) is 5.75 Å². The van der Waals surface area contributed by atoms with Gasteiger partial charge in [0.1, 0.15) is 11.8 Å². The summed E-state index contributed by atoms with van der Waals surface area (Å²) in [5, 5.41) is 3.86. The lowest BCUT2D eigenvalue weighted by atomic mass is 10.2. The lowest BCUT2D eigenvalue weighted by molar-refractivity contribution is -0.122. The molecule has 0 heterocycles. The second-order valence-electron chi connectivity index (χ2n) is 6.13. The zero-order chi connectivity index (χ0) is 21.4. The second-order valence-corrected chi connectivity index (χ2v) is 7.99. The molecule has 2 aromatic rings. The molecule has 0 spiro atoms. The number of nitrogens with two attached hydrogens (primary N) is 1. The molecule has 154 valence electrons. The first-order valence-corrected chi connectivity index (χ1v) is 10.4. The number of carbonyl (C=O) groups is 2. The Morgan fingerprint density at radius 1 is 1.17 bits per heavy atom. The number of hydrogen-bond acceptors (Lipinski definition) is 6. The minimum Gasteiger partial charge on any atom is -0.484 e. The fourth-order valence-electron chi connectivity index (χ4n) is 2.45. The van der Waals surface area contributed by atoms with E-state index in [1.165, 1.54) is 13.1 Å². The number of ether oxygens (including phenoxy) is 1. The number of para-hydroxylation sites is 1. The van der Waals surface area contributed by atoms with E-state index < -0.39 is 27.9 Å². The Kier molecular flexibility index (Phi) is 7.32. The molecule has 0 radical (unpaired) electrons. The van der Waals surface area contributed by atoms with Crippen molar-refractivity contribution >= 4 is 33.7 Å². The van der Waals surface area contributed by atoms with Crippen molar-refractivity contribution in [3.63, 3.8) is 0 Å². The zero-order valence-electron chi connectivity index (χ0n) is 16.0. The third-order valence-corrected chi connectivity index (χ3v) is 4.99. The quantitative estimate of drug-likeness (QED) is 0.460. The number of carbonyl (C=O) groups excluding carboxylic acids is 2. The van der Waals surface area contributed by atoms with Crippen LogP contribution in [0.25, 0.3) is 0 Å². The second kappa shape index (κ2) is 9.69. The highest BCUT2D eigenvalue weighted by molar-refractivity contribution is 7.92. The van der Waals surface area contributed by atoms with Crippen molar-refractivity contribution in [1.82, 2.24) is 5.43 Å². The Morgan fingerprint density at radius 2 is 1.79 bits per heavy atom. The number of hydrazone groups is 1. The van der Waals surface area contributed by atoms with Crippen LogP contribution in [0, 0.1) is 0 Å². The minimum absolute atomic E-state index is 0.223. The Morgan fingerprint density at radius 3 is 2.34 bits per heavy atom. The van der Waals surface area contributed by atoms with Crippen LogP contribution in [-0.4, -0.2) is 45.4 Å². The summed E-state index contributed by atoms with van der Waals surface area (Å²) >= 11 is 0. The molecule has 1 atom stereocenters. The molecule has 0 bridgehead atoms. The van der Waals surface area contributed by atoms with Crippen LogP contribution in [0.15, 0.2) is 59.7 Å². The lowest BCUT2D eigenvalue weighted by Gasteiger charge is -2.27. The maximum absolute atomic E-state index is 12.4. The van der Waals surface area contributed by atoms with Crippen LogP contribution in [0.3, 0.4) is 0 Å². The lowest BCUT2D eigenvalue weighted by Crippen LogP contribution is -2.46. The van der Waals surface area contributed by atoms with E-state index in [4.69, 9.17) is 10.5 Å². The Labute approximate surface area is 169 Å². The van der Waals surface area contributed by atoms with Crippen LogP contribution in [-0.2, 0) is 19.6 Å². The topological polar surface area (TPSA) is 131 Å². The van der Waals surface area contributed by atoms with E-state index in [1.54, 1.807) is 54.6 Å². The number of amides is 2. The smallest absolute Gasteiger partial charge is 0.263 e. The van der Waals surface area contributed by atoms with Gasteiger partial charge < -0.3 is 10.5 Å². The molecule has 9 nitrogen and oxygen atoms in total. The van der Waals surface area contributed by atoms with Gasteiger partial charge in [-0.15, -0.1) is 0 Å². The highest BCUT2D eigenvalue weighted by Gasteiger charge is 2.28. The van der Waals surface area contributed by atoms with Crippen molar-refractivity contribution in [1.29, 1.82) is 0 Å². The van der Waals surface area contributed by atoms with Gasteiger partial charge in [-0.3, -0.25) is 13.9 Å². The summed E-state index contributed by atoms with van der Waals surface area (Å²) in [4.78, 5) is 23.1. The number of sulfonamides is 1. The molecule has 0 unspecified atom stereocenters. The van der Waals surface area contributed by atoms with Gasteiger partial charge in [-0.1, -0.05) is 18.2 Å². The molecule has 2 amide bonds. The van der Waals surface area contributed by atoms with Crippen LogP contribution in [0.2, 0.25) is 0 Å². The Balaban J connectivity index is 2.02. The van der Waals surface area contributed by atoms with Gasteiger partial charge in [0, 0.05) is 0 Å². The molecule has 0 aliphatic rings. The summed E-state index contributed by atoms with van der Waals surface area (Å²) in [6, 6.07) is 13.9. The molecule has 3 N–H and O–H groups in total. The van der Waals surface area contributed by atoms with Crippen molar-refractivity contribution in [2.75, 3.05) is 17.2 Å². The van der Waals surface area contributed by atoms with Crippen LogP contribution >= 0.6 is 0 Å². The van der Waals surface area contributed by atoms with Gasteiger partial charge in [0.15, 0.2) is 6.61 Å². The van der Waals surface area contributed by atoms with Gasteiger partial charge in [0.05, 0.1) is 18.2 Å². The van der Waals surface area contributed by atoms with Gasteiger partial charge in [0.2, 0.25) is 10.0 Å². The first kappa shape index (κ1) is 21.9. The Hall–Kier alpha value is -3.40. The predicted molar refractivity (Wildman–Crippen MR) is 110 cm³/mol. The van der Waals surface area contributed by atoms with Crippen molar-refractivity contribution in [2.45, 2.75) is 13.0 Å². The molecular formula is C19H22N4O5S. The molecule has 0 aromatic heterocycles. The SMILES string of the molecule is C[C@H](C(=O)N/N=C\c1ccc(OCC(N)=O)cc1)N(c1ccccc1)S(C)(=O)=O. The average Bonchev–Trinajstić information content (AvgIpc) is 2.67. The van der Waals surface area contributed by atoms with E-state index in [2.05, 4.69) is 10.5 Å². The Bertz CT molecular complexity index is 975. The molecule has 0 saturated carbocycles. The number of primary amides is 1. The standard InChI is InChI=1S/C19H22N4O5S/c1-14(23(29(2,26)27)16-6-4-3-5-7-16)19(25)22-21-12-15-8-10-17(11-9-15)28-13-18(20)24/h3-12,14H,13H2,1-2H3,(H2,20,24)(H,22,25)/b21-12-/t14-/m1/s1. The van der Waals surface area contributed by atoms with Gasteiger partial charge in [-0.25, -0.2) is 13.8 Å². The highest BCUT2D eigenvalue weighted by atomic mass is 32.2. The van der Waals surface area contributed by atoms with E-state index in [0.717, 1.165) is 10.6 Å². The van der Waals surface area contributed by atoms with Gasteiger partial charge in [-0.2, -0.15) is 5.10 Å². The minimum atomic E-state index is -3.68. The summed E-state index contributed by atoms with van der Waals surface area (Å²) in [6.45, 7) is 1.25. The van der Waals surface area contributed by atoms with E-state index in [0.29, 0.717) is 17.0 Å². The van der Waals surface area contributed by atoms with Crippen LogP contribution in [0.4, 0.5) is 5.69 Å². The summed E-state index contributed by atoms with van der Waals surface area (Å²) in [5.41, 5.74) is 8.39. The van der Waals surface area contributed by atoms with Gasteiger partial charge >= 0.3 is 0 Å². The molecule has 0 aliphatic heterocycles. The van der Waals surface area contributed by atoms with Crippen molar-refractivity contribution < 1.29 is 22.7 Å². The van der Waals surface area contributed by atoms with Crippen LogP contribution < -0.4 is 20.2 Å². The summed E-state index contributed by atoms with van der Waals surface area (Å²) < 4.78 is 30.5. The normalized spacial score (nSPS) is 12.3. The van der Waals surface area contributed by atoms with E-state index in [1.807, 2.05) is 0 Å². The molecule has 2 rings (SSSR count). The van der Waals surface area contributed by atoms with E-state index in [-0.39, 0.29) is 6.61 Å². The average molecular weight is 418 g/mol. The molecule has 0 saturated heterocycles. The van der Waals surface area contributed by atoms with Gasteiger partial charge in [0.25, 0.3) is 11.8 Å². The molecule has 2 aromatic carbocycles. The third kappa shape index (κ3) is 6.61. The van der Waals surface area contributed by atoms with E-state index >= 15 is 0 Å². The highest BCUT2D eigenvalue weighted by Crippen LogP contribution is 2.20. The maximum Gasteiger partial charge on any atom is 0.263 e. The molecular weight excluding hydrogens is 396 g/mol. The largest absolute Gasteiger partial charge is 0.484 e. The van der Waals surface area contributed by atoms with Crippen molar-refractivity contribution in [2.24, 2.45) is 10.8 Å². The maximum atomic E-state index is 12.4. The fraction of sp³-hybridized carbons (Fsp3) is 0.211. The molecule has 0 fully saturated rings. The zero-order valence-corrected chi connectivity index (χ0v) is 16.8. The predicted octanol–water partition coefficient (Wildman–Crippen LogP) is 0.855. The number of nitrogens with one attached hydrogen (secondary N) is 1. The summed E-state index contributed by atoms with van der Waals surface area (Å²) in [6.07, 6.45) is 2.44. The first-order chi connectivity index (χ1) is 13.7. The number of anilines is 1. The molecule has 10 heteroatoms. The number of nitrogens with zero attached hydrogens (tertiary/aromatic N) is 2. The van der Waals surface area contributed by atoms with Crippen molar-refractivity contribution in [3.05, 3.63) is 60.2 Å². The summed E-state index contributed by atoms with van der Waals surface area (Å²) in [5.74, 6) is -0.701. The fourth-order valence-corrected chi connectivity index (χ4v) is 3.63. The number of rotatable bonds is 9. The third-order valence-electron chi connectivity index (χ3n) is 3.75. The van der Waals surface area contributed by atoms with Crippen LogP contribution in [0.1, 0.15) is 12.5 Å². The number of benzene rings is 2. The molecule has 0 aliphatic carbocycles. The van der Waals surface area contributed by atoms with Gasteiger partial charge in [-0.05, 0) is 48.9 Å².